The predicted molar refractivity (Wildman–Crippen MR) is 80.8 cm³/mol. The van der Waals surface area contributed by atoms with Crippen LogP contribution in [0.2, 0.25) is 0 Å². The molecule has 1 saturated heterocycles. The van der Waals surface area contributed by atoms with Crippen molar-refractivity contribution >= 4 is 0 Å². The highest BCUT2D eigenvalue weighted by Crippen LogP contribution is 2.24. The SMILES string of the molecule is CCCNCc1cc(CN2CCOCC2(C)C)c(C)o1. The second-order valence-corrected chi connectivity index (χ2v) is 6.26. The lowest BCUT2D eigenvalue weighted by atomic mass is 10.0. The van der Waals surface area contributed by atoms with Crippen molar-refractivity contribution in [2.75, 3.05) is 26.3 Å². The second-order valence-electron chi connectivity index (χ2n) is 6.26. The molecule has 1 aromatic rings. The summed E-state index contributed by atoms with van der Waals surface area (Å²) < 4.78 is 11.4. The molecule has 2 rings (SSSR count). The van der Waals surface area contributed by atoms with Gasteiger partial charge in [-0.1, -0.05) is 6.92 Å². The number of furan rings is 1. The van der Waals surface area contributed by atoms with Gasteiger partial charge in [0.2, 0.25) is 0 Å². The minimum Gasteiger partial charge on any atom is -0.465 e. The first-order valence-corrected chi connectivity index (χ1v) is 7.64. The molecular formula is C16H28N2O2. The number of nitrogens with one attached hydrogen (secondary N) is 1. The van der Waals surface area contributed by atoms with Crippen molar-refractivity contribution in [3.05, 3.63) is 23.2 Å². The molecule has 0 bridgehead atoms. The van der Waals surface area contributed by atoms with E-state index < -0.39 is 0 Å². The number of hydrogen-bond acceptors (Lipinski definition) is 4. The van der Waals surface area contributed by atoms with E-state index in [9.17, 15) is 0 Å². The summed E-state index contributed by atoms with van der Waals surface area (Å²) in [7, 11) is 0. The van der Waals surface area contributed by atoms with Gasteiger partial charge in [-0.2, -0.15) is 0 Å². The molecule has 4 nitrogen and oxygen atoms in total. The van der Waals surface area contributed by atoms with Crippen molar-refractivity contribution in [1.29, 1.82) is 0 Å². The molecule has 4 heteroatoms. The monoisotopic (exact) mass is 280 g/mol. The Kier molecular flexibility index (Phi) is 5.24. The van der Waals surface area contributed by atoms with Crippen LogP contribution in [0, 0.1) is 6.92 Å². The van der Waals surface area contributed by atoms with Crippen molar-refractivity contribution in [1.82, 2.24) is 10.2 Å². The number of nitrogens with zero attached hydrogens (tertiary/aromatic N) is 1. The molecule has 1 aliphatic heterocycles. The van der Waals surface area contributed by atoms with E-state index >= 15 is 0 Å². The summed E-state index contributed by atoms with van der Waals surface area (Å²) in [6.07, 6.45) is 1.15. The van der Waals surface area contributed by atoms with Gasteiger partial charge in [-0.3, -0.25) is 4.90 Å². The fourth-order valence-corrected chi connectivity index (χ4v) is 2.61. The van der Waals surface area contributed by atoms with E-state index in [1.54, 1.807) is 0 Å². The zero-order valence-corrected chi connectivity index (χ0v) is 13.3. The van der Waals surface area contributed by atoms with E-state index in [0.717, 1.165) is 57.3 Å². The maximum atomic E-state index is 5.85. The lowest BCUT2D eigenvalue weighted by molar-refractivity contribution is -0.0554. The molecule has 0 saturated carbocycles. The van der Waals surface area contributed by atoms with Crippen LogP contribution in [-0.4, -0.2) is 36.7 Å². The van der Waals surface area contributed by atoms with E-state index in [2.05, 4.69) is 44.0 Å². The van der Waals surface area contributed by atoms with Gasteiger partial charge in [-0.05, 0) is 39.8 Å². The van der Waals surface area contributed by atoms with E-state index in [1.807, 2.05) is 0 Å². The molecule has 0 aromatic carbocycles. The first kappa shape index (κ1) is 15.5. The Hall–Kier alpha value is -0.840. The highest BCUT2D eigenvalue weighted by Gasteiger charge is 2.31. The Balaban J connectivity index is 1.98. The minimum atomic E-state index is 0.0998. The molecule has 1 N–H and O–H groups in total. The third-order valence-corrected chi connectivity index (χ3v) is 3.98. The van der Waals surface area contributed by atoms with Crippen molar-refractivity contribution in [2.24, 2.45) is 0 Å². The number of rotatable bonds is 6. The molecule has 0 amide bonds. The second kappa shape index (κ2) is 6.74. The van der Waals surface area contributed by atoms with Crippen molar-refractivity contribution in [3.63, 3.8) is 0 Å². The van der Waals surface area contributed by atoms with Crippen LogP contribution in [0.5, 0.6) is 0 Å². The average molecular weight is 280 g/mol. The topological polar surface area (TPSA) is 37.6 Å². The fourth-order valence-electron chi connectivity index (χ4n) is 2.61. The van der Waals surface area contributed by atoms with E-state index in [1.165, 1.54) is 5.56 Å². The Morgan fingerprint density at radius 1 is 1.40 bits per heavy atom. The first-order valence-electron chi connectivity index (χ1n) is 7.64. The third-order valence-electron chi connectivity index (χ3n) is 3.98. The zero-order chi connectivity index (χ0) is 14.6. The molecule has 1 aromatic heterocycles. The van der Waals surface area contributed by atoms with Crippen molar-refractivity contribution in [2.45, 2.75) is 52.7 Å². The summed E-state index contributed by atoms with van der Waals surface area (Å²) in [5, 5.41) is 3.38. The van der Waals surface area contributed by atoms with Crippen LogP contribution >= 0.6 is 0 Å². The normalized spacial score (nSPS) is 19.4. The van der Waals surface area contributed by atoms with Gasteiger partial charge in [0.05, 0.1) is 19.8 Å². The summed E-state index contributed by atoms with van der Waals surface area (Å²) in [5.74, 6) is 2.08. The summed E-state index contributed by atoms with van der Waals surface area (Å²) >= 11 is 0. The molecule has 114 valence electrons. The molecule has 1 aliphatic rings. The van der Waals surface area contributed by atoms with Crippen LogP contribution in [0.1, 0.15) is 44.3 Å². The lowest BCUT2D eigenvalue weighted by Crippen LogP contribution is -2.52. The molecule has 20 heavy (non-hydrogen) atoms. The largest absolute Gasteiger partial charge is 0.465 e. The van der Waals surface area contributed by atoms with Gasteiger partial charge in [0.1, 0.15) is 11.5 Å². The number of morpholine rings is 1. The van der Waals surface area contributed by atoms with Crippen LogP contribution in [0.4, 0.5) is 0 Å². The van der Waals surface area contributed by atoms with Gasteiger partial charge in [0.15, 0.2) is 0 Å². The quantitative estimate of drug-likeness (QED) is 0.813. The van der Waals surface area contributed by atoms with Crippen LogP contribution in [0.25, 0.3) is 0 Å². The van der Waals surface area contributed by atoms with E-state index in [-0.39, 0.29) is 5.54 Å². The molecule has 0 aliphatic carbocycles. The van der Waals surface area contributed by atoms with Gasteiger partial charge in [-0.25, -0.2) is 0 Å². The standard InChI is InChI=1S/C16H28N2O2/c1-5-6-17-10-15-9-14(13(2)20-15)11-18-7-8-19-12-16(18,3)4/h9,17H,5-8,10-12H2,1-4H3. The van der Waals surface area contributed by atoms with Gasteiger partial charge >= 0.3 is 0 Å². The van der Waals surface area contributed by atoms with Gasteiger partial charge < -0.3 is 14.5 Å². The Morgan fingerprint density at radius 2 is 2.20 bits per heavy atom. The zero-order valence-electron chi connectivity index (χ0n) is 13.3. The Bertz CT molecular complexity index is 426. The van der Waals surface area contributed by atoms with Crippen LogP contribution in [0.15, 0.2) is 10.5 Å². The first-order chi connectivity index (χ1) is 9.53. The van der Waals surface area contributed by atoms with Gasteiger partial charge in [0.25, 0.3) is 0 Å². The molecule has 2 heterocycles. The Morgan fingerprint density at radius 3 is 2.90 bits per heavy atom. The van der Waals surface area contributed by atoms with Gasteiger partial charge in [-0.15, -0.1) is 0 Å². The van der Waals surface area contributed by atoms with E-state index in [0.29, 0.717) is 0 Å². The fraction of sp³-hybridized carbons (Fsp3) is 0.750. The highest BCUT2D eigenvalue weighted by molar-refractivity contribution is 5.21. The molecule has 1 fully saturated rings. The smallest absolute Gasteiger partial charge is 0.118 e. The summed E-state index contributed by atoms with van der Waals surface area (Å²) in [6, 6.07) is 2.20. The number of ether oxygens (including phenoxy) is 1. The molecule has 0 atom stereocenters. The third kappa shape index (κ3) is 3.84. The van der Waals surface area contributed by atoms with Crippen molar-refractivity contribution in [3.8, 4) is 0 Å². The minimum absolute atomic E-state index is 0.0998. The van der Waals surface area contributed by atoms with Crippen LogP contribution in [0.3, 0.4) is 0 Å². The molecule has 0 spiro atoms. The maximum absolute atomic E-state index is 5.85. The van der Waals surface area contributed by atoms with Crippen LogP contribution in [-0.2, 0) is 17.8 Å². The lowest BCUT2D eigenvalue weighted by Gasteiger charge is -2.42. The maximum Gasteiger partial charge on any atom is 0.118 e. The predicted octanol–water partition coefficient (Wildman–Crippen LogP) is 2.70. The molecule has 0 radical (unpaired) electrons. The number of aryl methyl sites for hydroxylation is 1. The van der Waals surface area contributed by atoms with Gasteiger partial charge in [0, 0.05) is 24.2 Å². The Labute approximate surface area is 122 Å². The van der Waals surface area contributed by atoms with Crippen molar-refractivity contribution < 1.29 is 9.15 Å². The summed E-state index contributed by atoms with van der Waals surface area (Å²) in [4.78, 5) is 2.48. The number of hydrogen-bond donors (Lipinski definition) is 1. The summed E-state index contributed by atoms with van der Waals surface area (Å²) in [5.41, 5.74) is 1.40. The van der Waals surface area contributed by atoms with Crippen LogP contribution < -0.4 is 5.32 Å². The highest BCUT2D eigenvalue weighted by atomic mass is 16.5. The molecular weight excluding hydrogens is 252 g/mol. The molecule has 0 unspecified atom stereocenters. The summed E-state index contributed by atoms with van der Waals surface area (Å²) in [6.45, 7) is 14.1. The van der Waals surface area contributed by atoms with E-state index in [4.69, 9.17) is 9.15 Å². The average Bonchev–Trinajstić information content (AvgIpc) is 2.73.